The van der Waals surface area contributed by atoms with Crippen LogP contribution in [-0.2, 0) is 5.41 Å². The molecule has 0 heteroatoms. The van der Waals surface area contributed by atoms with E-state index in [2.05, 4.69) is 86.6 Å². The van der Waals surface area contributed by atoms with E-state index >= 15 is 0 Å². The van der Waals surface area contributed by atoms with Gasteiger partial charge < -0.3 is 0 Å². The Kier molecular flexibility index (Phi) is 5.37. The van der Waals surface area contributed by atoms with Crippen molar-refractivity contribution in [2.45, 2.75) is 47.0 Å². The molecule has 0 heterocycles. The summed E-state index contributed by atoms with van der Waals surface area (Å²) in [5.41, 5.74) is 5.78. The van der Waals surface area contributed by atoms with Gasteiger partial charge in [0, 0.05) is 5.41 Å². The molecule has 0 unspecified atom stereocenters. The highest BCUT2D eigenvalue weighted by atomic mass is 14.4. The minimum Gasteiger partial charge on any atom is -0.0683 e. The first kappa shape index (κ1) is 19.2. The molecule has 27 heavy (non-hydrogen) atoms. The summed E-state index contributed by atoms with van der Waals surface area (Å²) in [5.74, 6) is 0. The van der Waals surface area contributed by atoms with Gasteiger partial charge in [0.25, 0.3) is 0 Å². The lowest BCUT2D eigenvalue weighted by molar-refractivity contribution is 0.661. The molecule has 138 valence electrons. The van der Waals surface area contributed by atoms with Gasteiger partial charge in [-0.15, -0.1) is 0 Å². The lowest BCUT2D eigenvalue weighted by atomic mass is 9.82. The number of hydrogen-bond acceptors (Lipinski definition) is 0. The Morgan fingerprint density at radius 2 is 1.15 bits per heavy atom. The van der Waals surface area contributed by atoms with Crippen molar-refractivity contribution >= 4 is 21.5 Å². The molecule has 0 atom stereocenters. The van der Waals surface area contributed by atoms with Crippen LogP contribution in [0.3, 0.4) is 0 Å². The van der Waals surface area contributed by atoms with Crippen LogP contribution in [-0.4, -0.2) is 0 Å². The summed E-state index contributed by atoms with van der Waals surface area (Å²) in [4.78, 5) is 0. The maximum atomic E-state index is 2.34. The van der Waals surface area contributed by atoms with Crippen LogP contribution in [0.4, 0.5) is 0 Å². The van der Waals surface area contributed by atoms with Gasteiger partial charge in [0.15, 0.2) is 0 Å². The van der Waals surface area contributed by atoms with Crippen molar-refractivity contribution < 1.29 is 0 Å². The number of hydrogen-bond donors (Lipinski definition) is 0. The van der Waals surface area contributed by atoms with Gasteiger partial charge in [-0.1, -0.05) is 114 Å². The highest BCUT2D eigenvalue weighted by Crippen LogP contribution is 2.52. The van der Waals surface area contributed by atoms with Crippen LogP contribution in [0.5, 0.6) is 0 Å². The average Bonchev–Trinajstić information content (AvgIpc) is 2.98. The molecule has 1 aliphatic carbocycles. The van der Waals surface area contributed by atoms with Crippen LogP contribution >= 0.6 is 0 Å². The molecular formula is C27H30. The van der Waals surface area contributed by atoms with Gasteiger partial charge in [-0.3, -0.25) is 0 Å². The summed E-state index contributed by atoms with van der Waals surface area (Å²) in [6.45, 7) is 12.7. The van der Waals surface area contributed by atoms with Crippen molar-refractivity contribution in [3.8, 4) is 11.1 Å². The number of rotatable bonds is 0. The fourth-order valence-electron chi connectivity index (χ4n) is 4.29. The quantitative estimate of drug-likeness (QED) is 0.278. The van der Waals surface area contributed by atoms with Crippen molar-refractivity contribution in [3.63, 3.8) is 0 Å². The van der Waals surface area contributed by atoms with E-state index in [4.69, 9.17) is 0 Å². The molecule has 0 saturated heterocycles. The Bertz CT molecular complexity index is 1080. The number of benzene rings is 4. The van der Waals surface area contributed by atoms with Crippen LogP contribution < -0.4 is 0 Å². The summed E-state index contributed by atoms with van der Waals surface area (Å²) < 4.78 is 0. The maximum Gasteiger partial charge on any atom is 0.0159 e. The second kappa shape index (κ2) is 7.56. The van der Waals surface area contributed by atoms with Crippen molar-refractivity contribution in [2.75, 3.05) is 0 Å². The Labute approximate surface area is 163 Å². The second-order valence-corrected chi connectivity index (χ2v) is 7.04. The second-order valence-electron chi connectivity index (χ2n) is 7.04. The monoisotopic (exact) mass is 354 g/mol. The molecule has 0 saturated carbocycles. The van der Waals surface area contributed by atoms with Crippen molar-refractivity contribution in [1.82, 2.24) is 0 Å². The van der Waals surface area contributed by atoms with Crippen molar-refractivity contribution in [3.05, 3.63) is 83.9 Å². The fourth-order valence-corrected chi connectivity index (χ4v) is 4.29. The minimum atomic E-state index is 0.0665. The van der Waals surface area contributed by atoms with Gasteiger partial charge in [0.1, 0.15) is 0 Å². The molecule has 5 rings (SSSR count). The number of fused-ring (bicyclic) bond motifs is 7. The Hall–Kier alpha value is -2.60. The zero-order valence-corrected chi connectivity index (χ0v) is 17.4. The lowest BCUT2D eigenvalue weighted by Crippen LogP contribution is -2.14. The van der Waals surface area contributed by atoms with Gasteiger partial charge >= 0.3 is 0 Å². The molecule has 0 radical (unpaired) electrons. The smallest absolute Gasteiger partial charge is 0.0159 e. The SMILES string of the molecule is CC.CC.CC1(C)c2ccccc2-c2c1ccc1ccc3ccccc3c21. The van der Waals surface area contributed by atoms with Gasteiger partial charge in [-0.25, -0.2) is 0 Å². The Balaban J connectivity index is 0.000000495. The van der Waals surface area contributed by atoms with E-state index in [0.29, 0.717) is 0 Å². The highest BCUT2D eigenvalue weighted by molar-refractivity contribution is 6.16. The standard InChI is InChI=1S/C23H18.2C2H6/c1-23(2)19-10-6-5-9-18(19)22-20(23)14-13-16-12-11-15-7-3-4-8-17(15)21(16)22;2*1-2/h3-14H,1-2H3;2*1-2H3. The third kappa shape index (κ3) is 2.84. The zero-order chi connectivity index (χ0) is 19.6. The molecule has 1 aliphatic rings. The third-order valence-electron chi connectivity index (χ3n) is 5.45. The molecule has 4 aromatic carbocycles. The summed E-state index contributed by atoms with van der Waals surface area (Å²) in [5, 5.41) is 5.40. The predicted molar refractivity (Wildman–Crippen MR) is 122 cm³/mol. The summed E-state index contributed by atoms with van der Waals surface area (Å²) in [6.07, 6.45) is 0. The first-order valence-corrected chi connectivity index (χ1v) is 10.2. The van der Waals surface area contributed by atoms with E-state index in [9.17, 15) is 0 Å². The van der Waals surface area contributed by atoms with E-state index in [0.717, 1.165) is 0 Å². The van der Waals surface area contributed by atoms with Crippen LogP contribution in [0, 0.1) is 0 Å². The van der Waals surface area contributed by atoms with Gasteiger partial charge in [-0.05, 0) is 43.8 Å². The molecule has 0 bridgehead atoms. The zero-order valence-electron chi connectivity index (χ0n) is 17.4. The van der Waals surface area contributed by atoms with Gasteiger partial charge in [0.2, 0.25) is 0 Å². The molecule has 0 nitrogen and oxygen atoms in total. The minimum absolute atomic E-state index is 0.0665. The molecular weight excluding hydrogens is 324 g/mol. The van der Waals surface area contributed by atoms with Crippen LogP contribution in [0.25, 0.3) is 32.7 Å². The molecule has 0 amide bonds. The summed E-state index contributed by atoms with van der Waals surface area (Å²) in [7, 11) is 0. The van der Waals surface area contributed by atoms with Crippen LogP contribution in [0.1, 0.15) is 52.7 Å². The van der Waals surface area contributed by atoms with Crippen LogP contribution in [0.2, 0.25) is 0 Å². The molecule has 0 aromatic heterocycles. The molecule has 0 fully saturated rings. The van der Waals surface area contributed by atoms with Crippen molar-refractivity contribution in [2.24, 2.45) is 0 Å². The van der Waals surface area contributed by atoms with Crippen LogP contribution in [0.15, 0.2) is 72.8 Å². The average molecular weight is 355 g/mol. The normalized spacial score (nSPS) is 13.1. The van der Waals surface area contributed by atoms with E-state index in [1.165, 1.54) is 43.8 Å². The van der Waals surface area contributed by atoms with E-state index < -0.39 is 0 Å². The van der Waals surface area contributed by atoms with E-state index in [-0.39, 0.29) is 5.41 Å². The molecule has 0 N–H and O–H groups in total. The van der Waals surface area contributed by atoms with Gasteiger partial charge in [-0.2, -0.15) is 0 Å². The highest BCUT2D eigenvalue weighted by Gasteiger charge is 2.36. The topological polar surface area (TPSA) is 0 Å². The van der Waals surface area contributed by atoms with E-state index in [1.54, 1.807) is 0 Å². The predicted octanol–water partition coefficient (Wildman–Crippen LogP) is 8.35. The third-order valence-corrected chi connectivity index (χ3v) is 5.45. The fraction of sp³-hybridized carbons (Fsp3) is 0.259. The summed E-state index contributed by atoms with van der Waals surface area (Å²) >= 11 is 0. The maximum absolute atomic E-state index is 2.34. The molecule has 0 aliphatic heterocycles. The first-order valence-electron chi connectivity index (χ1n) is 10.2. The van der Waals surface area contributed by atoms with Crippen molar-refractivity contribution in [1.29, 1.82) is 0 Å². The largest absolute Gasteiger partial charge is 0.0683 e. The first-order chi connectivity index (χ1) is 13.2. The Morgan fingerprint density at radius 1 is 0.556 bits per heavy atom. The van der Waals surface area contributed by atoms with E-state index in [1.807, 2.05) is 27.7 Å². The van der Waals surface area contributed by atoms with Gasteiger partial charge in [0.05, 0.1) is 0 Å². The molecule has 4 aromatic rings. The summed E-state index contributed by atoms with van der Waals surface area (Å²) in [6, 6.07) is 26.7. The molecule has 0 spiro atoms. The lowest BCUT2D eigenvalue weighted by Gasteiger charge is -2.21. The Morgan fingerprint density at radius 3 is 1.93 bits per heavy atom.